The van der Waals surface area contributed by atoms with Crippen LogP contribution in [-0.2, 0) is 0 Å². The van der Waals surface area contributed by atoms with Crippen molar-refractivity contribution in [2.75, 3.05) is 0 Å². The van der Waals surface area contributed by atoms with Crippen LogP contribution in [-0.4, -0.2) is 0 Å². The van der Waals surface area contributed by atoms with E-state index < -0.39 is 0 Å². The molecule has 0 aromatic heterocycles. The molecule has 0 fully saturated rings. The van der Waals surface area contributed by atoms with Crippen molar-refractivity contribution in [2.45, 2.75) is 181 Å². The quantitative estimate of drug-likeness (QED) is 0.108. The first kappa shape index (κ1) is 29.6. The molecule has 0 radical (unpaired) electrons. The average Bonchev–Trinajstić information content (AvgIpc) is 2.76. The fourth-order valence-electron chi connectivity index (χ4n) is 4.39. The molecule has 0 unspecified atom stereocenters. The van der Waals surface area contributed by atoms with Crippen LogP contribution in [0.2, 0.25) is 0 Å². The minimum absolute atomic E-state index is 1.01. The van der Waals surface area contributed by atoms with Crippen molar-refractivity contribution in [3.8, 4) is 11.8 Å². The van der Waals surface area contributed by atoms with Crippen LogP contribution in [0.4, 0.5) is 0 Å². The molecule has 0 saturated heterocycles. The summed E-state index contributed by atoms with van der Waals surface area (Å²) in [6, 6.07) is 0. The Morgan fingerprint density at radius 1 is 0.300 bits per heavy atom. The van der Waals surface area contributed by atoms with Gasteiger partial charge in [-0.05, 0) is 6.42 Å². The van der Waals surface area contributed by atoms with E-state index in [4.69, 9.17) is 0 Å². The Bertz CT molecular complexity index is 345. The van der Waals surface area contributed by atoms with Crippen molar-refractivity contribution in [3.05, 3.63) is 0 Å². The van der Waals surface area contributed by atoms with E-state index >= 15 is 0 Å². The van der Waals surface area contributed by atoms with Crippen LogP contribution in [0.25, 0.3) is 0 Å². The zero-order valence-corrected chi connectivity index (χ0v) is 21.4. The van der Waals surface area contributed by atoms with Gasteiger partial charge in [0.2, 0.25) is 0 Å². The Kier molecular flexibility index (Phi) is 28.1. The summed E-state index contributed by atoms with van der Waals surface area (Å²) in [6.07, 6.45) is 37.2. The lowest BCUT2D eigenvalue weighted by molar-refractivity contribution is 0.517. The molecule has 0 aromatic carbocycles. The van der Waals surface area contributed by atoms with E-state index in [2.05, 4.69) is 25.7 Å². The van der Waals surface area contributed by atoms with Gasteiger partial charge in [-0.2, -0.15) is 0 Å². The van der Waals surface area contributed by atoms with Crippen molar-refractivity contribution >= 4 is 0 Å². The summed E-state index contributed by atoms with van der Waals surface area (Å²) in [7, 11) is 0. The van der Waals surface area contributed by atoms with Gasteiger partial charge in [-0.15, -0.1) is 11.8 Å². The maximum Gasteiger partial charge on any atom is 0.00886 e. The van der Waals surface area contributed by atoms with Gasteiger partial charge in [0.1, 0.15) is 0 Å². The molecule has 0 nitrogen and oxygen atoms in total. The molecule has 0 N–H and O–H groups in total. The Morgan fingerprint density at radius 2 is 0.567 bits per heavy atom. The molecule has 0 aliphatic carbocycles. The van der Waals surface area contributed by atoms with E-state index in [-0.39, 0.29) is 0 Å². The normalized spacial score (nSPS) is 10.9. The number of rotatable bonds is 24. The van der Waals surface area contributed by atoms with Crippen molar-refractivity contribution < 1.29 is 0 Å². The minimum atomic E-state index is 1.01. The molecule has 0 aromatic rings. The topological polar surface area (TPSA) is 0 Å². The van der Waals surface area contributed by atoms with Crippen LogP contribution in [0.1, 0.15) is 181 Å². The van der Waals surface area contributed by atoms with E-state index in [1.807, 2.05) is 0 Å². The third-order valence-corrected chi connectivity index (χ3v) is 6.46. The minimum Gasteiger partial charge on any atom is -0.104 e. The second-order valence-corrected chi connectivity index (χ2v) is 9.59. The lowest BCUT2D eigenvalue weighted by atomic mass is 10.0. The van der Waals surface area contributed by atoms with Crippen LogP contribution in [0.5, 0.6) is 0 Å². The molecule has 0 atom stereocenters. The molecule has 0 rings (SSSR count). The maximum atomic E-state index is 3.25. The van der Waals surface area contributed by atoms with E-state index in [0.29, 0.717) is 0 Å². The maximum absolute atomic E-state index is 3.25. The molecule has 30 heavy (non-hydrogen) atoms. The van der Waals surface area contributed by atoms with Crippen molar-refractivity contribution in [3.63, 3.8) is 0 Å². The van der Waals surface area contributed by atoms with Gasteiger partial charge in [-0.1, -0.05) is 162 Å². The molecule has 0 amide bonds. The highest BCUT2D eigenvalue weighted by atomic mass is 14.0. The van der Waals surface area contributed by atoms with Crippen LogP contribution >= 0.6 is 0 Å². The fraction of sp³-hybridized carbons (Fsp3) is 0.933. The fourth-order valence-corrected chi connectivity index (χ4v) is 4.39. The molecule has 0 bridgehead atoms. The molecular formula is C30H58. The Balaban J connectivity index is 3.00. The summed E-state index contributed by atoms with van der Waals surface area (Å²) in [5.74, 6) is 6.42. The molecule has 0 heterocycles. The molecular weight excluding hydrogens is 360 g/mol. The largest absolute Gasteiger partial charge is 0.104 e. The number of hydrogen-bond acceptors (Lipinski definition) is 0. The average molecular weight is 419 g/mol. The zero-order valence-electron chi connectivity index (χ0n) is 21.4. The van der Waals surface area contributed by atoms with E-state index in [1.54, 1.807) is 0 Å². The van der Waals surface area contributed by atoms with Gasteiger partial charge >= 0.3 is 0 Å². The first-order chi connectivity index (χ1) is 14.9. The first-order valence-corrected chi connectivity index (χ1v) is 14.4. The molecule has 0 aliphatic heterocycles. The van der Waals surface area contributed by atoms with E-state index in [0.717, 1.165) is 12.8 Å². The zero-order chi connectivity index (χ0) is 21.8. The molecule has 0 saturated carbocycles. The Labute approximate surface area is 192 Å². The van der Waals surface area contributed by atoms with Crippen molar-refractivity contribution in [2.24, 2.45) is 0 Å². The van der Waals surface area contributed by atoms with Gasteiger partial charge < -0.3 is 0 Å². The second-order valence-electron chi connectivity index (χ2n) is 9.59. The molecule has 0 aliphatic rings. The van der Waals surface area contributed by atoms with Crippen LogP contribution in [0, 0.1) is 11.8 Å². The third-order valence-electron chi connectivity index (χ3n) is 6.46. The number of unbranched alkanes of at least 4 members (excludes halogenated alkanes) is 24. The summed E-state index contributed by atoms with van der Waals surface area (Å²) in [5, 5.41) is 0. The monoisotopic (exact) mass is 418 g/mol. The molecule has 0 spiro atoms. The van der Waals surface area contributed by atoms with Gasteiger partial charge in [0.25, 0.3) is 0 Å². The van der Waals surface area contributed by atoms with Gasteiger partial charge in [0.05, 0.1) is 0 Å². The van der Waals surface area contributed by atoms with Gasteiger partial charge in [0, 0.05) is 12.8 Å². The lowest BCUT2D eigenvalue weighted by Crippen LogP contribution is -1.84. The van der Waals surface area contributed by atoms with E-state index in [9.17, 15) is 0 Å². The highest BCUT2D eigenvalue weighted by molar-refractivity contribution is 4.97. The summed E-state index contributed by atoms with van der Waals surface area (Å²) >= 11 is 0. The lowest BCUT2D eigenvalue weighted by Gasteiger charge is -2.04. The Hall–Kier alpha value is -0.440. The standard InChI is InChI=1S/C30H58/c1-3-5-7-9-11-13-15-17-19-21-23-25-27-29-30-28-26-24-22-20-18-16-14-12-10-8-6-4-2/h3-5,7,9-30H2,1-2H3. The number of hydrogen-bond donors (Lipinski definition) is 0. The first-order valence-electron chi connectivity index (χ1n) is 14.4. The van der Waals surface area contributed by atoms with Gasteiger partial charge in [-0.25, -0.2) is 0 Å². The predicted molar refractivity (Wildman–Crippen MR) is 139 cm³/mol. The van der Waals surface area contributed by atoms with Crippen LogP contribution < -0.4 is 0 Å². The van der Waals surface area contributed by atoms with Crippen molar-refractivity contribution in [1.82, 2.24) is 0 Å². The highest BCUT2D eigenvalue weighted by Gasteiger charge is 1.96. The molecule has 178 valence electrons. The van der Waals surface area contributed by atoms with Crippen LogP contribution in [0.3, 0.4) is 0 Å². The summed E-state index contributed by atoms with van der Waals surface area (Å²) in [5.41, 5.74) is 0. The van der Waals surface area contributed by atoms with E-state index in [1.165, 1.54) is 154 Å². The predicted octanol–water partition coefficient (Wildman–Crippen LogP) is 11.2. The highest BCUT2D eigenvalue weighted by Crippen LogP contribution is 2.15. The van der Waals surface area contributed by atoms with Crippen molar-refractivity contribution in [1.29, 1.82) is 0 Å². The third kappa shape index (κ3) is 27.6. The smallest absolute Gasteiger partial charge is 0.00886 e. The summed E-state index contributed by atoms with van der Waals surface area (Å²) in [4.78, 5) is 0. The van der Waals surface area contributed by atoms with Crippen LogP contribution in [0.15, 0.2) is 0 Å². The second kappa shape index (κ2) is 28.6. The summed E-state index contributed by atoms with van der Waals surface area (Å²) < 4.78 is 0. The SMILES string of the molecule is CCC#CCCCCCCCCCCCCCCCCCCCCCCCCCC. The van der Waals surface area contributed by atoms with Gasteiger partial charge in [0.15, 0.2) is 0 Å². The Morgan fingerprint density at radius 3 is 0.833 bits per heavy atom. The molecule has 0 heteroatoms. The summed E-state index contributed by atoms with van der Waals surface area (Å²) in [6.45, 7) is 4.43. The van der Waals surface area contributed by atoms with Gasteiger partial charge in [-0.3, -0.25) is 0 Å².